The Balaban J connectivity index is 1.92. The molecular weight excluding hydrogens is 290 g/mol. The molecule has 0 spiro atoms. The fraction of sp³-hybridized carbons (Fsp3) is 0.467. The summed E-state index contributed by atoms with van der Waals surface area (Å²) in [5.41, 5.74) is 7.02. The van der Waals surface area contributed by atoms with Crippen LogP contribution in [0.15, 0.2) is 18.2 Å². The number of carbonyl (C=O) groups is 2. The molecule has 5 nitrogen and oxygen atoms in total. The lowest BCUT2D eigenvalue weighted by molar-refractivity contribution is -0.125. The summed E-state index contributed by atoms with van der Waals surface area (Å²) in [5, 5.41) is 3.45. The SMILES string of the molecule is Cc1ccc(Cl)cc1NC(=O)CN1CCC[C@H](C(N)=O)C1. The van der Waals surface area contributed by atoms with Gasteiger partial charge in [0.15, 0.2) is 0 Å². The van der Waals surface area contributed by atoms with Crippen LogP contribution in [0.5, 0.6) is 0 Å². The Morgan fingerprint density at radius 1 is 1.48 bits per heavy atom. The van der Waals surface area contributed by atoms with Crippen LogP contribution in [0.3, 0.4) is 0 Å². The van der Waals surface area contributed by atoms with Gasteiger partial charge in [0.2, 0.25) is 11.8 Å². The number of nitrogens with one attached hydrogen (secondary N) is 1. The second kappa shape index (κ2) is 6.91. The first-order valence-electron chi connectivity index (χ1n) is 7.03. The van der Waals surface area contributed by atoms with E-state index < -0.39 is 0 Å². The Bertz CT molecular complexity index is 548. The van der Waals surface area contributed by atoms with Crippen LogP contribution >= 0.6 is 11.6 Å². The van der Waals surface area contributed by atoms with Gasteiger partial charge in [0, 0.05) is 17.3 Å². The molecule has 0 saturated carbocycles. The van der Waals surface area contributed by atoms with Crippen molar-refractivity contribution in [3.05, 3.63) is 28.8 Å². The molecule has 3 N–H and O–H groups in total. The zero-order chi connectivity index (χ0) is 15.4. The van der Waals surface area contributed by atoms with E-state index in [-0.39, 0.29) is 24.3 Å². The number of benzene rings is 1. The minimum absolute atomic E-state index is 0.106. The van der Waals surface area contributed by atoms with Gasteiger partial charge in [-0.1, -0.05) is 17.7 Å². The maximum absolute atomic E-state index is 12.1. The number of hydrogen-bond acceptors (Lipinski definition) is 3. The average molecular weight is 310 g/mol. The summed E-state index contributed by atoms with van der Waals surface area (Å²) in [7, 11) is 0. The van der Waals surface area contributed by atoms with Gasteiger partial charge < -0.3 is 11.1 Å². The average Bonchev–Trinajstić information content (AvgIpc) is 2.43. The maximum Gasteiger partial charge on any atom is 0.238 e. The van der Waals surface area contributed by atoms with Crippen LogP contribution in [0, 0.1) is 12.8 Å². The number of halogens is 1. The summed E-state index contributed by atoms with van der Waals surface area (Å²) in [6, 6.07) is 5.38. The molecule has 1 aromatic carbocycles. The van der Waals surface area contributed by atoms with E-state index in [0.717, 1.165) is 30.6 Å². The molecule has 21 heavy (non-hydrogen) atoms. The zero-order valence-electron chi connectivity index (χ0n) is 12.1. The van der Waals surface area contributed by atoms with Crippen LogP contribution in [0.1, 0.15) is 18.4 Å². The van der Waals surface area contributed by atoms with E-state index in [1.807, 2.05) is 17.9 Å². The minimum atomic E-state index is -0.286. The van der Waals surface area contributed by atoms with E-state index in [2.05, 4.69) is 5.32 Å². The van der Waals surface area contributed by atoms with Crippen LogP contribution in [0.2, 0.25) is 5.02 Å². The van der Waals surface area contributed by atoms with Gasteiger partial charge in [-0.2, -0.15) is 0 Å². The number of likely N-dealkylation sites (tertiary alicyclic amines) is 1. The molecule has 0 aliphatic carbocycles. The number of amides is 2. The van der Waals surface area contributed by atoms with Crippen molar-refractivity contribution >= 4 is 29.1 Å². The number of primary amides is 1. The molecular formula is C15H20ClN3O2. The molecule has 0 bridgehead atoms. The third-order valence-electron chi connectivity index (χ3n) is 3.75. The monoisotopic (exact) mass is 309 g/mol. The number of aryl methyl sites for hydroxylation is 1. The van der Waals surface area contributed by atoms with Crippen LogP contribution in [-0.2, 0) is 9.59 Å². The van der Waals surface area contributed by atoms with Crippen molar-refractivity contribution in [2.75, 3.05) is 25.0 Å². The molecule has 114 valence electrons. The van der Waals surface area contributed by atoms with E-state index >= 15 is 0 Å². The Morgan fingerprint density at radius 2 is 2.24 bits per heavy atom. The lowest BCUT2D eigenvalue weighted by Gasteiger charge is -2.30. The van der Waals surface area contributed by atoms with Gasteiger partial charge in [0.25, 0.3) is 0 Å². The molecule has 2 rings (SSSR count). The summed E-state index contributed by atoms with van der Waals surface area (Å²) < 4.78 is 0. The summed E-state index contributed by atoms with van der Waals surface area (Å²) in [4.78, 5) is 25.3. The first-order chi connectivity index (χ1) is 9.95. The molecule has 2 amide bonds. The van der Waals surface area contributed by atoms with Gasteiger partial charge >= 0.3 is 0 Å². The highest BCUT2D eigenvalue weighted by Gasteiger charge is 2.25. The van der Waals surface area contributed by atoms with Crippen molar-refractivity contribution in [3.63, 3.8) is 0 Å². The van der Waals surface area contributed by atoms with E-state index in [1.54, 1.807) is 12.1 Å². The van der Waals surface area contributed by atoms with Crippen LogP contribution in [0.4, 0.5) is 5.69 Å². The third-order valence-corrected chi connectivity index (χ3v) is 3.98. The number of anilines is 1. The van der Waals surface area contributed by atoms with Gasteiger partial charge in [0.05, 0.1) is 12.5 Å². The Hall–Kier alpha value is -1.59. The lowest BCUT2D eigenvalue weighted by atomic mass is 9.97. The number of carbonyl (C=O) groups excluding carboxylic acids is 2. The number of nitrogens with zero attached hydrogens (tertiary/aromatic N) is 1. The van der Waals surface area contributed by atoms with Crippen molar-refractivity contribution < 1.29 is 9.59 Å². The Morgan fingerprint density at radius 3 is 2.95 bits per heavy atom. The lowest BCUT2D eigenvalue weighted by Crippen LogP contribution is -2.44. The number of nitrogens with two attached hydrogens (primary N) is 1. The molecule has 0 unspecified atom stereocenters. The predicted octanol–water partition coefficient (Wildman–Crippen LogP) is 1.78. The van der Waals surface area contributed by atoms with Gasteiger partial charge in [0.1, 0.15) is 0 Å². The van der Waals surface area contributed by atoms with Gasteiger partial charge in [-0.25, -0.2) is 0 Å². The first kappa shape index (κ1) is 15.8. The number of rotatable bonds is 4. The Kier molecular flexibility index (Phi) is 5.20. The Labute approximate surface area is 129 Å². The van der Waals surface area contributed by atoms with Gasteiger partial charge in [-0.3, -0.25) is 14.5 Å². The molecule has 1 aliphatic heterocycles. The van der Waals surface area contributed by atoms with E-state index in [4.69, 9.17) is 17.3 Å². The minimum Gasteiger partial charge on any atom is -0.369 e. The second-order valence-corrected chi connectivity index (χ2v) is 5.92. The second-order valence-electron chi connectivity index (χ2n) is 5.48. The molecule has 1 heterocycles. The zero-order valence-corrected chi connectivity index (χ0v) is 12.8. The number of piperidine rings is 1. The molecule has 1 atom stereocenters. The molecule has 1 aliphatic rings. The van der Waals surface area contributed by atoms with Crippen LogP contribution < -0.4 is 11.1 Å². The molecule has 1 fully saturated rings. The largest absolute Gasteiger partial charge is 0.369 e. The molecule has 1 aromatic rings. The van der Waals surface area contributed by atoms with Crippen molar-refractivity contribution in [2.24, 2.45) is 11.7 Å². The smallest absolute Gasteiger partial charge is 0.238 e. The highest BCUT2D eigenvalue weighted by molar-refractivity contribution is 6.31. The standard InChI is InChI=1S/C15H20ClN3O2/c1-10-4-5-12(16)7-13(10)18-14(20)9-19-6-2-3-11(8-19)15(17)21/h4-5,7,11H,2-3,6,8-9H2,1H3,(H2,17,21)(H,18,20)/t11-/m0/s1. The highest BCUT2D eigenvalue weighted by atomic mass is 35.5. The summed E-state index contributed by atoms with van der Waals surface area (Å²) in [6.07, 6.45) is 1.69. The molecule has 0 radical (unpaired) electrons. The predicted molar refractivity (Wildman–Crippen MR) is 83.2 cm³/mol. The summed E-state index contributed by atoms with van der Waals surface area (Å²) in [6.45, 7) is 3.54. The van der Waals surface area contributed by atoms with Crippen LogP contribution in [0.25, 0.3) is 0 Å². The summed E-state index contributed by atoms with van der Waals surface area (Å²) in [5.74, 6) is -0.546. The summed E-state index contributed by atoms with van der Waals surface area (Å²) >= 11 is 5.93. The molecule has 6 heteroatoms. The first-order valence-corrected chi connectivity index (χ1v) is 7.41. The van der Waals surface area contributed by atoms with Crippen LogP contribution in [-0.4, -0.2) is 36.3 Å². The molecule has 0 aromatic heterocycles. The van der Waals surface area contributed by atoms with E-state index in [1.165, 1.54) is 0 Å². The van der Waals surface area contributed by atoms with E-state index in [9.17, 15) is 9.59 Å². The highest BCUT2D eigenvalue weighted by Crippen LogP contribution is 2.20. The normalized spacial score (nSPS) is 19.2. The topological polar surface area (TPSA) is 75.4 Å². The fourth-order valence-corrected chi connectivity index (χ4v) is 2.73. The van der Waals surface area contributed by atoms with Crippen molar-refractivity contribution in [1.29, 1.82) is 0 Å². The number of hydrogen-bond donors (Lipinski definition) is 2. The molecule has 1 saturated heterocycles. The van der Waals surface area contributed by atoms with Crippen molar-refractivity contribution in [2.45, 2.75) is 19.8 Å². The van der Waals surface area contributed by atoms with Gasteiger partial charge in [-0.05, 0) is 44.0 Å². The maximum atomic E-state index is 12.1. The van der Waals surface area contributed by atoms with Crippen molar-refractivity contribution in [1.82, 2.24) is 4.90 Å². The fourth-order valence-electron chi connectivity index (χ4n) is 2.55. The third kappa shape index (κ3) is 4.44. The van der Waals surface area contributed by atoms with Crippen molar-refractivity contribution in [3.8, 4) is 0 Å². The van der Waals surface area contributed by atoms with E-state index in [0.29, 0.717) is 11.6 Å². The van der Waals surface area contributed by atoms with Gasteiger partial charge in [-0.15, -0.1) is 0 Å². The quantitative estimate of drug-likeness (QED) is 0.890.